The lowest BCUT2D eigenvalue weighted by Gasteiger charge is -2.37. The number of sulfonamides is 1. The summed E-state index contributed by atoms with van der Waals surface area (Å²) in [5.41, 5.74) is 1.06. The van der Waals surface area contributed by atoms with Crippen molar-refractivity contribution in [2.45, 2.75) is 30.2 Å². The molecular formula is C27H29ClN2O5S2. The number of halogens is 1. The van der Waals surface area contributed by atoms with Gasteiger partial charge in [-0.2, -0.15) is 4.31 Å². The topological polar surface area (TPSA) is 76.2 Å². The number of fused-ring (bicyclic) bond motifs is 1. The molecule has 0 bridgehead atoms. The number of hydrogen-bond donors (Lipinski definition) is 0. The highest BCUT2D eigenvalue weighted by Crippen LogP contribution is 2.35. The van der Waals surface area contributed by atoms with Crippen LogP contribution in [0.3, 0.4) is 0 Å². The molecule has 1 aromatic heterocycles. The number of hydrogen-bond acceptors (Lipinski definition) is 6. The van der Waals surface area contributed by atoms with E-state index in [1.807, 2.05) is 29.6 Å². The summed E-state index contributed by atoms with van der Waals surface area (Å²) in [6, 6.07) is 15.2. The fraction of sp³-hybridized carbons (Fsp3) is 0.370. The Morgan fingerprint density at radius 3 is 2.62 bits per heavy atom. The quantitative estimate of drug-likeness (QED) is 0.348. The van der Waals surface area contributed by atoms with E-state index in [-0.39, 0.29) is 35.9 Å². The van der Waals surface area contributed by atoms with E-state index in [2.05, 4.69) is 0 Å². The molecule has 0 spiro atoms. The molecule has 0 saturated heterocycles. The van der Waals surface area contributed by atoms with Gasteiger partial charge in [-0.05, 0) is 78.6 Å². The Morgan fingerprint density at radius 1 is 1.14 bits per heavy atom. The van der Waals surface area contributed by atoms with Crippen molar-refractivity contribution < 1.29 is 22.7 Å². The summed E-state index contributed by atoms with van der Waals surface area (Å²) < 4.78 is 39.8. The second kappa shape index (κ2) is 11.0. The van der Waals surface area contributed by atoms with Crippen molar-refractivity contribution in [2.75, 3.05) is 33.4 Å². The summed E-state index contributed by atoms with van der Waals surface area (Å²) in [6.45, 7) is 0.891. The second-order valence-corrected chi connectivity index (χ2v) is 12.7. The predicted octanol–water partition coefficient (Wildman–Crippen LogP) is 5.02. The van der Waals surface area contributed by atoms with Gasteiger partial charge < -0.3 is 14.4 Å². The first-order valence-electron chi connectivity index (χ1n) is 12.2. The van der Waals surface area contributed by atoms with E-state index in [0.29, 0.717) is 29.6 Å². The molecule has 7 nitrogen and oxygen atoms in total. The predicted molar refractivity (Wildman–Crippen MR) is 144 cm³/mol. The highest BCUT2D eigenvalue weighted by Gasteiger charge is 2.37. The van der Waals surface area contributed by atoms with Gasteiger partial charge in [0, 0.05) is 29.1 Å². The lowest BCUT2D eigenvalue weighted by Crippen LogP contribution is -2.48. The molecule has 196 valence electrons. The largest absolute Gasteiger partial charge is 0.497 e. The summed E-state index contributed by atoms with van der Waals surface area (Å²) >= 11 is 7.65. The molecule has 37 heavy (non-hydrogen) atoms. The molecule has 3 aromatic rings. The Kier molecular flexibility index (Phi) is 7.76. The Bertz CT molecular complexity index is 1360. The Labute approximate surface area is 226 Å². The molecule has 1 saturated carbocycles. The third-order valence-corrected chi connectivity index (χ3v) is 9.86. The van der Waals surface area contributed by atoms with Gasteiger partial charge in [0.05, 0.1) is 24.6 Å². The standard InChI is InChI=1S/C27H29ClN2O5S2/c1-34-21-3-2-4-22(15-21)35-18-25-24-12-14-36-26(24)11-13-30(25)27(31)17-29(16-19-5-6-19)37(32,33)23-9-7-20(28)8-10-23/h2-4,7-10,12,14-15,19,25H,5-6,11,13,16-18H2,1H3/t25-/m0/s1. The molecule has 1 aliphatic carbocycles. The van der Waals surface area contributed by atoms with Gasteiger partial charge in [0.2, 0.25) is 15.9 Å². The van der Waals surface area contributed by atoms with Gasteiger partial charge in [-0.15, -0.1) is 11.3 Å². The molecule has 0 unspecified atom stereocenters. The number of thiophene rings is 1. The number of rotatable bonds is 10. The molecule has 5 rings (SSSR count). The molecule has 1 fully saturated rings. The summed E-state index contributed by atoms with van der Waals surface area (Å²) in [4.78, 5) is 16.9. The maximum Gasteiger partial charge on any atom is 0.243 e. The van der Waals surface area contributed by atoms with Crippen LogP contribution >= 0.6 is 22.9 Å². The number of ether oxygens (including phenoxy) is 2. The minimum absolute atomic E-state index is 0.141. The number of methoxy groups -OCH3 is 1. The average Bonchev–Trinajstić information content (AvgIpc) is 3.59. The zero-order valence-corrected chi connectivity index (χ0v) is 22.9. The summed E-state index contributed by atoms with van der Waals surface area (Å²) in [5, 5.41) is 2.49. The Morgan fingerprint density at radius 2 is 1.89 bits per heavy atom. The first kappa shape index (κ1) is 26.0. The fourth-order valence-corrected chi connectivity index (χ4v) is 7.09. The summed E-state index contributed by atoms with van der Waals surface area (Å²) in [7, 11) is -2.25. The number of amides is 1. The van der Waals surface area contributed by atoms with Crippen molar-refractivity contribution in [3.8, 4) is 11.5 Å². The van der Waals surface area contributed by atoms with Crippen LogP contribution in [0, 0.1) is 5.92 Å². The maximum absolute atomic E-state index is 13.7. The van der Waals surface area contributed by atoms with Gasteiger partial charge in [0.1, 0.15) is 18.1 Å². The second-order valence-electron chi connectivity index (χ2n) is 9.34. The molecule has 2 aliphatic rings. The van der Waals surface area contributed by atoms with Crippen molar-refractivity contribution in [1.29, 1.82) is 0 Å². The van der Waals surface area contributed by atoms with Crippen LogP contribution in [-0.2, 0) is 21.2 Å². The van der Waals surface area contributed by atoms with Crippen molar-refractivity contribution in [2.24, 2.45) is 5.92 Å². The van der Waals surface area contributed by atoms with Crippen molar-refractivity contribution >= 4 is 38.9 Å². The molecule has 2 aromatic carbocycles. The van der Waals surface area contributed by atoms with E-state index in [4.69, 9.17) is 21.1 Å². The molecule has 0 N–H and O–H groups in total. The summed E-state index contributed by atoms with van der Waals surface area (Å²) in [6.07, 6.45) is 2.68. The minimum Gasteiger partial charge on any atom is -0.497 e. The van der Waals surface area contributed by atoms with E-state index in [9.17, 15) is 13.2 Å². The molecular weight excluding hydrogens is 532 g/mol. The number of carbonyl (C=O) groups is 1. The van der Waals surface area contributed by atoms with Crippen LogP contribution in [0.4, 0.5) is 0 Å². The minimum atomic E-state index is -3.85. The van der Waals surface area contributed by atoms with E-state index in [1.54, 1.807) is 41.5 Å². The van der Waals surface area contributed by atoms with E-state index in [0.717, 1.165) is 24.8 Å². The first-order chi connectivity index (χ1) is 17.8. The molecule has 0 radical (unpaired) electrons. The Hall–Kier alpha value is -2.59. The van der Waals surface area contributed by atoms with Crippen LogP contribution in [0.15, 0.2) is 64.9 Å². The van der Waals surface area contributed by atoms with Gasteiger partial charge in [-0.3, -0.25) is 4.79 Å². The van der Waals surface area contributed by atoms with Gasteiger partial charge in [-0.25, -0.2) is 8.42 Å². The molecule has 1 atom stereocenters. The third kappa shape index (κ3) is 5.95. The number of benzene rings is 2. The van der Waals surface area contributed by atoms with Gasteiger partial charge in [0.25, 0.3) is 0 Å². The van der Waals surface area contributed by atoms with Crippen LogP contribution in [0.1, 0.15) is 29.3 Å². The highest BCUT2D eigenvalue weighted by atomic mass is 35.5. The van der Waals surface area contributed by atoms with Crippen LogP contribution in [-0.4, -0.2) is 56.9 Å². The van der Waals surface area contributed by atoms with Crippen LogP contribution < -0.4 is 9.47 Å². The van der Waals surface area contributed by atoms with Crippen molar-refractivity contribution in [1.82, 2.24) is 9.21 Å². The number of carbonyl (C=O) groups excluding carboxylic acids is 1. The van der Waals surface area contributed by atoms with Crippen LogP contribution in [0.2, 0.25) is 5.02 Å². The highest BCUT2D eigenvalue weighted by molar-refractivity contribution is 7.89. The van der Waals surface area contributed by atoms with E-state index in [1.165, 1.54) is 21.3 Å². The van der Waals surface area contributed by atoms with Crippen LogP contribution in [0.25, 0.3) is 0 Å². The van der Waals surface area contributed by atoms with E-state index < -0.39 is 10.0 Å². The van der Waals surface area contributed by atoms with Gasteiger partial charge >= 0.3 is 0 Å². The van der Waals surface area contributed by atoms with Crippen molar-refractivity contribution in [3.05, 3.63) is 75.4 Å². The summed E-state index contributed by atoms with van der Waals surface area (Å²) in [5.74, 6) is 1.39. The lowest BCUT2D eigenvalue weighted by atomic mass is 10.0. The maximum atomic E-state index is 13.7. The molecule has 1 amide bonds. The lowest BCUT2D eigenvalue weighted by molar-refractivity contribution is -0.135. The zero-order chi connectivity index (χ0) is 26.0. The van der Waals surface area contributed by atoms with Crippen molar-refractivity contribution in [3.63, 3.8) is 0 Å². The van der Waals surface area contributed by atoms with Gasteiger partial charge in [0.15, 0.2) is 0 Å². The Balaban J connectivity index is 1.37. The monoisotopic (exact) mass is 560 g/mol. The molecule has 1 aliphatic heterocycles. The average molecular weight is 561 g/mol. The number of nitrogens with zero attached hydrogens (tertiary/aromatic N) is 2. The normalized spacial score (nSPS) is 17.5. The first-order valence-corrected chi connectivity index (χ1v) is 14.9. The smallest absolute Gasteiger partial charge is 0.243 e. The third-order valence-electron chi connectivity index (χ3n) is 6.79. The molecule has 10 heteroatoms. The molecule has 2 heterocycles. The van der Waals surface area contributed by atoms with E-state index >= 15 is 0 Å². The fourth-order valence-electron chi connectivity index (χ4n) is 4.57. The zero-order valence-electron chi connectivity index (χ0n) is 20.5. The van der Waals surface area contributed by atoms with Gasteiger partial charge in [-0.1, -0.05) is 17.7 Å². The van der Waals surface area contributed by atoms with Crippen LogP contribution in [0.5, 0.6) is 11.5 Å². The SMILES string of the molecule is COc1cccc(OC[C@H]2c3ccsc3CCN2C(=O)CN(CC2CC2)S(=O)(=O)c2ccc(Cl)cc2)c1.